The summed E-state index contributed by atoms with van der Waals surface area (Å²) < 4.78 is 0. The van der Waals surface area contributed by atoms with Gasteiger partial charge < -0.3 is 4.98 Å². The van der Waals surface area contributed by atoms with Crippen molar-refractivity contribution in [1.82, 2.24) is 15.4 Å². The molecular formula is C23H25N3O2. The van der Waals surface area contributed by atoms with Crippen LogP contribution in [0.3, 0.4) is 0 Å². The molecule has 1 aromatic heterocycles. The number of nitrogens with zero attached hydrogens (tertiary/aromatic N) is 1. The molecule has 5 heteroatoms. The minimum atomic E-state index is -0.222. The Morgan fingerprint density at radius 1 is 1.29 bits per heavy atom. The number of aryl methyl sites for hydroxylation is 2. The summed E-state index contributed by atoms with van der Waals surface area (Å²) >= 11 is 0. The van der Waals surface area contributed by atoms with Crippen LogP contribution in [0.4, 0.5) is 0 Å². The summed E-state index contributed by atoms with van der Waals surface area (Å²) in [6.07, 6.45) is 5.72. The molecule has 144 valence electrons. The van der Waals surface area contributed by atoms with Gasteiger partial charge in [-0.15, -0.1) is 0 Å². The fourth-order valence-corrected chi connectivity index (χ4v) is 4.42. The maximum atomic E-state index is 12.3. The van der Waals surface area contributed by atoms with Crippen molar-refractivity contribution in [1.29, 1.82) is 0 Å². The van der Waals surface area contributed by atoms with Crippen LogP contribution in [0.1, 0.15) is 62.1 Å². The SMILES string of the molecule is CONC(=O)c1ccc2c(c1)C(C(c1cnc[nH]1)c1cccc(C)c1C)CC2. The van der Waals surface area contributed by atoms with Crippen LogP contribution >= 0.6 is 0 Å². The lowest BCUT2D eigenvalue weighted by atomic mass is 9.78. The second-order valence-electron chi connectivity index (χ2n) is 7.47. The summed E-state index contributed by atoms with van der Waals surface area (Å²) in [5, 5.41) is 0. The number of fused-ring (bicyclic) bond motifs is 1. The second-order valence-corrected chi connectivity index (χ2v) is 7.47. The highest BCUT2D eigenvalue weighted by Gasteiger charge is 2.34. The van der Waals surface area contributed by atoms with Gasteiger partial charge in [-0.3, -0.25) is 9.63 Å². The molecule has 1 amide bonds. The van der Waals surface area contributed by atoms with Gasteiger partial charge in [0.25, 0.3) is 5.91 Å². The third-order valence-electron chi connectivity index (χ3n) is 5.97. The lowest BCUT2D eigenvalue weighted by molar-refractivity contribution is 0.0537. The Balaban J connectivity index is 1.81. The molecule has 0 fully saturated rings. The number of carbonyl (C=O) groups is 1. The first-order valence-corrected chi connectivity index (χ1v) is 9.60. The largest absolute Gasteiger partial charge is 0.348 e. The zero-order valence-electron chi connectivity index (χ0n) is 16.5. The van der Waals surface area contributed by atoms with Gasteiger partial charge in [0.2, 0.25) is 0 Å². The van der Waals surface area contributed by atoms with Gasteiger partial charge in [-0.25, -0.2) is 10.5 Å². The van der Waals surface area contributed by atoms with Gasteiger partial charge in [-0.1, -0.05) is 24.3 Å². The van der Waals surface area contributed by atoms with Crippen molar-refractivity contribution < 1.29 is 9.63 Å². The summed E-state index contributed by atoms with van der Waals surface area (Å²) in [7, 11) is 1.45. The molecule has 1 heterocycles. The molecule has 0 saturated carbocycles. The lowest BCUT2D eigenvalue weighted by Gasteiger charge is -2.26. The molecule has 0 saturated heterocycles. The molecule has 2 N–H and O–H groups in total. The van der Waals surface area contributed by atoms with Crippen molar-refractivity contribution in [3.05, 3.63) is 88.0 Å². The molecule has 0 spiro atoms. The third kappa shape index (κ3) is 3.22. The Bertz CT molecular complexity index is 995. The molecule has 1 aliphatic carbocycles. The van der Waals surface area contributed by atoms with Crippen molar-refractivity contribution in [3.63, 3.8) is 0 Å². The summed E-state index contributed by atoms with van der Waals surface area (Å²) in [5.41, 5.74) is 10.6. The first kappa shape index (κ1) is 18.4. The van der Waals surface area contributed by atoms with E-state index in [0.29, 0.717) is 5.56 Å². The van der Waals surface area contributed by atoms with E-state index in [0.717, 1.165) is 18.5 Å². The highest BCUT2D eigenvalue weighted by molar-refractivity contribution is 5.93. The van der Waals surface area contributed by atoms with Crippen LogP contribution in [0, 0.1) is 13.8 Å². The number of rotatable bonds is 5. The van der Waals surface area contributed by atoms with Gasteiger partial charge in [0.15, 0.2) is 0 Å². The van der Waals surface area contributed by atoms with Crippen LogP contribution in [0.25, 0.3) is 0 Å². The van der Waals surface area contributed by atoms with E-state index >= 15 is 0 Å². The van der Waals surface area contributed by atoms with Crippen molar-refractivity contribution in [2.45, 2.75) is 38.5 Å². The number of aromatic nitrogens is 2. The number of nitrogens with one attached hydrogen (secondary N) is 2. The fourth-order valence-electron chi connectivity index (χ4n) is 4.42. The molecule has 4 rings (SSSR count). The Hall–Kier alpha value is -2.92. The second kappa shape index (κ2) is 7.60. The maximum absolute atomic E-state index is 12.3. The summed E-state index contributed by atoms with van der Waals surface area (Å²) in [6, 6.07) is 12.5. The van der Waals surface area contributed by atoms with E-state index in [1.807, 2.05) is 18.3 Å². The number of hydrogen-bond donors (Lipinski definition) is 2. The first-order chi connectivity index (χ1) is 13.6. The van der Waals surface area contributed by atoms with Crippen LogP contribution in [-0.4, -0.2) is 23.0 Å². The van der Waals surface area contributed by atoms with E-state index in [2.05, 4.69) is 53.6 Å². The molecule has 2 unspecified atom stereocenters. The quantitative estimate of drug-likeness (QED) is 0.658. The molecule has 0 aliphatic heterocycles. The predicted molar refractivity (Wildman–Crippen MR) is 108 cm³/mol. The number of benzene rings is 2. The number of amides is 1. The average Bonchev–Trinajstić information content (AvgIpc) is 3.36. The lowest BCUT2D eigenvalue weighted by Crippen LogP contribution is -2.22. The highest BCUT2D eigenvalue weighted by Crippen LogP contribution is 2.47. The molecule has 5 nitrogen and oxygen atoms in total. The molecule has 0 radical (unpaired) electrons. The molecular weight excluding hydrogens is 350 g/mol. The van der Waals surface area contributed by atoms with E-state index < -0.39 is 0 Å². The maximum Gasteiger partial charge on any atom is 0.274 e. The van der Waals surface area contributed by atoms with Crippen LogP contribution in [-0.2, 0) is 11.3 Å². The highest BCUT2D eigenvalue weighted by atomic mass is 16.6. The van der Waals surface area contributed by atoms with Gasteiger partial charge in [0.05, 0.1) is 13.4 Å². The van der Waals surface area contributed by atoms with E-state index in [4.69, 9.17) is 4.84 Å². The Labute approximate surface area is 165 Å². The normalized spacial score (nSPS) is 16.6. The standard InChI is InChI=1S/C23H25N3O2/c1-14-5-4-6-18(15(14)2)22(21-12-24-13-25-21)19-10-9-16-7-8-17(11-20(16)19)23(27)26-28-3/h4-8,11-13,19,22H,9-10H2,1-3H3,(H,24,25)(H,26,27). The van der Waals surface area contributed by atoms with E-state index in [1.165, 1.54) is 34.9 Å². The molecule has 2 atom stereocenters. The third-order valence-corrected chi connectivity index (χ3v) is 5.97. The van der Waals surface area contributed by atoms with Gasteiger partial charge in [0, 0.05) is 23.4 Å². The van der Waals surface area contributed by atoms with E-state index in [9.17, 15) is 4.79 Å². The van der Waals surface area contributed by atoms with E-state index in [1.54, 1.807) is 6.33 Å². The van der Waals surface area contributed by atoms with Crippen molar-refractivity contribution in [2.24, 2.45) is 0 Å². The minimum Gasteiger partial charge on any atom is -0.348 e. The van der Waals surface area contributed by atoms with Crippen LogP contribution < -0.4 is 5.48 Å². The van der Waals surface area contributed by atoms with Crippen molar-refractivity contribution in [3.8, 4) is 0 Å². The van der Waals surface area contributed by atoms with E-state index in [-0.39, 0.29) is 17.7 Å². The number of aromatic amines is 1. The Morgan fingerprint density at radius 3 is 2.89 bits per heavy atom. The van der Waals surface area contributed by atoms with Gasteiger partial charge >= 0.3 is 0 Å². The summed E-state index contributed by atoms with van der Waals surface area (Å²) in [6.45, 7) is 4.34. The topological polar surface area (TPSA) is 67.0 Å². The molecule has 0 bridgehead atoms. The minimum absolute atomic E-state index is 0.171. The smallest absolute Gasteiger partial charge is 0.274 e. The van der Waals surface area contributed by atoms with Gasteiger partial charge in [0.1, 0.15) is 0 Å². The number of hydrogen-bond acceptors (Lipinski definition) is 3. The monoisotopic (exact) mass is 375 g/mol. The first-order valence-electron chi connectivity index (χ1n) is 9.60. The molecule has 3 aromatic rings. The van der Waals surface area contributed by atoms with Gasteiger partial charge in [-0.2, -0.15) is 0 Å². The van der Waals surface area contributed by atoms with Crippen LogP contribution in [0.15, 0.2) is 48.9 Å². The van der Waals surface area contributed by atoms with Crippen molar-refractivity contribution >= 4 is 5.91 Å². The van der Waals surface area contributed by atoms with Crippen LogP contribution in [0.5, 0.6) is 0 Å². The summed E-state index contributed by atoms with van der Waals surface area (Å²) in [4.78, 5) is 24.7. The zero-order valence-corrected chi connectivity index (χ0v) is 16.5. The predicted octanol–water partition coefficient (Wildman–Crippen LogP) is 4.18. The Morgan fingerprint density at radius 2 is 2.14 bits per heavy atom. The Kier molecular flexibility index (Phi) is 5.01. The number of H-pyrrole nitrogens is 1. The summed E-state index contributed by atoms with van der Waals surface area (Å²) in [5.74, 6) is 0.233. The molecule has 1 aliphatic rings. The number of hydroxylamine groups is 1. The molecule has 28 heavy (non-hydrogen) atoms. The number of imidazole rings is 1. The van der Waals surface area contributed by atoms with Crippen LogP contribution in [0.2, 0.25) is 0 Å². The number of carbonyl (C=O) groups excluding carboxylic acids is 1. The van der Waals surface area contributed by atoms with Gasteiger partial charge in [-0.05, 0) is 72.6 Å². The molecule has 2 aromatic carbocycles. The van der Waals surface area contributed by atoms with Crippen molar-refractivity contribution in [2.75, 3.05) is 7.11 Å². The average molecular weight is 375 g/mol. The zero-order chi connectivity index (χ0) is 19.7. The fraction of sp³-hybridized carbons (Fsp3) is 0.304.